The first-order chi connectivity index (χ1) is 9.47. The number of hydrogen-bond acceptors (Lipinski definition) is 5. The molecule has 1 atom stereocenters. The van der Waals surface area contributed by atoms with Crippen LogP contribution in [0.2, 0.25) is 0 Å². The second kappa shape index (κ2) is 6.05. The second-order valence-corrected chi connectivity index (χ2v) is 5.33. The molecule has 0 radical (unpaired) electrons. The predicted molar refractivity (Wildman–Crippen MR) is 76.6 cm³/mol. The van der Waals surface area contributed by atoms with E-state index in [4.69, 9.17) is 10.5 Å². The molecule has 0 aliphatic carbocycles. The summed E-state index contributed by atoms with van der Waals surface area (Å²) in [6.45, 7) is 8.31. The average molecular weight is 275 g/mol. The average Bonchev–Trinajstić information content (AvgIpc) is 2.73. The lowest BCUT2D eigenvalue weighted by Crippen LogP contribution is -2.18. The molecule has 2 N–H and O–H groups in total. The number of ether oxygens (including phenoxy) is 1. The van der Waals surface area contributed by atoms with E-state index in [-0.39, 0.29) is 6.04 Å². The summed E-state index contributed by atoms with van der Waals surface area (Å²) in [5.41, 5.74) is 10.8. The van der Waals surface area contributed by atoms with Crippen molar-refractivity contribution in [2.75, 3.05) is 0 Å². The summed E-state index contributed by atoms with van der Waals surface area (Å²) in [6.07, 6.45) is 0.869. The molecule has 0 aliphatic rings. The van der Waals surface area contributed by atoms with E-state index in [9.17, 15) is 0 Å². The van der Waals surface area contributed by atoms with Crippen molar-refractivity contribution < 1.29 is 9.37 Å². The molecule has 108 valence electrons. The highest BCUT2D eigenvalue weighted by molar-refractivity contribution is 5.43. The Morgan fingerprint density at radius 2 is 1.85 bits per heavy atom. The van der Waals surface area contributed by atoms with E-state index in [1.807, 2.05) is 27.7 Å². The van der Waals surface area contributed by atoms with Crippen LogP contribution < -0.4 is 10.5 Å². The molecule has 0 amide bonds. The van der Waals surface area contributed by atoms with Crippen LogP contribution in [0.25, 0.3) is 0 Å². The Morgan fingerprint density at radius 1 is 1.20 bits per heavy atom. The molecular weight excluding hydrogens is 254 g/mol. The zero-order valence-corrected chi connectivity index (χ0v) is 12.4. The Hall–Kier alpha value is -1.88. The molecule has 0 bridgehead atoms. The van der Waals surface area contributed by atoms with Gasteiger partial charge in [0.05, 0.1) is 0 Å². The van der Waals surface area contributed by atoms with Gasteiger partial charge in [0.1, 0.15) is 23.7 Å². The van der Waals surface area contributed by atoms with E-state index in [1.165, 1.54) is 5.56 Å². The first-order valence-electron chi connectivity index (χ1n) is 6.74. The number of hydrogen-bond donors (Lipinski definition) is 1. The van der Waals surface area contributed by atoms with Gasteiger partial charge >= 0.3 is 0 Å². The fourth-order valence-electron chi connectivity index (χ4n) is 2.28. The molecule has 5 nitrogen and oxygen atoms in total. The van der Waals surface area contributed by atoms with Crippen molar-refractivity contribution in [2.24, 2.45) is 5.73 Å². The van der Waals surface area contributed by atoms with Gasteiger partial charge in [-0.15, -0.1) is 0 Å². The van der Waals surface area contributed by atoms with Crippen LogP contribution >= 0.6 is 0 Å². The summed E-state index contributed by atoms with van der Waals surface area (Å²) in [4.78, 5) is 0. The van der Waals surface area contributed by atoms with Crippen LogP contribution in [0.1, 0.15) is 35.0 Å². The van der Waals surface area contributed by atoms with E-state index in [0.717, 1.165) is 34.7 Å². The first-order valence-corrected chi connectivity index (χ1v) is 6.74. The van der Waals surface area contributed by atoms with Crippen molar-refractivity contribution in [3.8, 4) is 5.75 Å². The summed E-state index contributed by atoms with van der Waals surface area (Å²) < 4.78 is 10.5. The standard InChI is InChI=1S/C15H21N3O2/c1-9-5-13(7-11(3)16)6-10(2)15(9)19-8-14-12(4)17-20-18-14/h5-6,11H,7-8,16H2,1-4H3. The monoisotopic (exact) mass is 275 g/mol. The van der Waals surface area contributed by atoms with Gasteiger partial charge in [-0.25, -0.2) is 4.63 Å². The fraction of sp³-hybridized carbons (Fsp3) is 0.467. The maximum atomic E-state index is 5.86. The number of nitrogens with zero attached hydrogens (tertiary/aromatic N) is 2. The number of nitrogens with two attached hydrogens (primary N) is 1. The third-order valence-corrected chi connectivity index (χ3v) is 3.18. The third kappa shape index (κ3) is 3.36. The summed E-state index contributed by atoms with van der Waals surface area (Å²) in [5, 5.41) is 7.56. The molecule has 2 rings (SSSR count). The van der Waals surface area contributed by atoms with Crippen LogP contribution in [0.3, 0.4) is 0 Å². The van der Waals surface area contributed by atoms with Gasteiger partial charge in [0.25, 0.3) is 0 Å². The predicted octanol–water partition coefficient (Wildman–Crippen LogP) is 2.46. The Balaban J connectivity index is 2.14. The minimum atomic E-state index is 0.157. The van der Waals surface area contributed by atoms with Gasteiger partial charge in [0.2, 0.25) is 0 Å². The van der Waals surface area contributed by atoms with Gasteiger partial charge < -0.3 is 10.5 Å². The van der Waals surface area contributed by atoms with Gasteiger partial charge in [0, 0.05) is 6.04 Å². The van der Waals surface area contributed by atoms with Gasteiger partial charge in [-0.3, -0.25) is 0 Å². The number of benzene rings is 1. The van der Waals surface area contributed by atoms with E-state index >= 15 is 0 Å². The molecule has 0 aliphatic heterocycles. The summed E-state index contributed by atoms with van der Waals surface area (Å²) in [7, 11) is 0. The van der Waals surface area contributed by atoms with E-state index < -0.39 is 0 Å². The largest absolute Gasteiger partial charge is 0.487 e. The van der Waals surface area contributed by atoms with E-state index in [2.05, 4.69) is 27.1 Å². The summed E-state index contributed by atoms with van der Waals surface area (Å²) in [5.74, 6) is 0.890. The van der Waals surface area contributed by atoms with Crippen molar-refractivity contribution >= 4 is 0 Å². The molecule has 2 aromatic rings. The number of aryl methyl sites for hydroxylation is 3. The Bertz CT molecular complexity index is 568. The smallest absolute Gasteiger partial charge is 0.145 e. The molecule has 0 saturated heterocycles. The topological polar surface area (TPSA) is 74.2 Å². The van der Waals surface area contributed by atoms with Crippen LogP contribution in [-0.4, -0.2) is 16.4 Å². The van der Waals surface area contributed by atoms with Gasteiger partial charge in [-0.1, -0.05) is 22.4 Å². The molecule has 5 heteroatoms. The maximum Gasteiger partial charge on any atom is 0.145 e. The molecule has 1 aromatic heterocycles. The van der Waals surface area contributed by atoms with Gasteiger partial charge in [-0.2, -0.15) is 0 Å². The Kier molecular flexibility index (Phi) is 4.39. The van der Waals surface area contributed by atoms with Crippen molar-refractivity contribution in [3.05, 3.63) is 40.2 Å². The van der Waals surface area contributed by atoms with Crippen LogP contribution in [0, 0.1) is 20.8 Å². The molecule has 20 heavy (non-hydrogen) atoms. The lowest BCUT2D eigenvalue weighted by Gasteiger charge is -2.14. The zero-order chi connectivity index (χ0) is 14.7. The van der Waals surface area contributed by atoms with Gasteiger partial charge in [-0.05, 0) is 50.8 Å². The lowest BCUT2D eigenvalue weighted by molar-refractivity contribution is 0.268. The third-order valence-electron chi connectivity index (χ3n) is 3.18. The van der Waals surface area contributed by atoms with Crippen LogP contribution in [-0.2, 0) is 13.0 Å². The fourth-order valence-corrected chi connectivity index (χ4v) is 2.28. The number of rotatable bonds is 5. The van der Waals surface area contributed by atoms with Crippen LogP contribution in [0.5, 0.6) is 5.75 Å². The minimum Gasteiger partial charge on any atom is -0.487 e. The highest BCUT2D eigenvalue weighted by atomic mass is 16.6. The minimum absolute atomic E-state index is 0.157. The van der Waals surface area contributed by atoms with Crippen LogP contribution in [0.4, 0.5) is 0 Å². The maximum absolute atomic E-state index is 5.86. The molecule has 1 unspecified atom stereocenters. The van der Waals surface area contributed by atoms with E-state index in [1.54, 1.807) is 0 Å². The Morgan fingerprint density at radius 3 is 2.35 bits per heavy atom. The zero-order valence-electron chi connectivity index (χ0n) is 12.4. The normalized spacial score (nSPS) is 12.4. The molecular formula is C15H21N3O2. The number of aromatic nitrogens is 2. The second-order valence-electron chi connectivity index (χ2n) is 5.33. The SMILES string of the molecule is Cc1cc(CC(C)N)cc(C)c1OCc1nonc1C. The quantitative estimate of drug-likeness (QED) is 0.907. The highest BCUT2D eigenvalue weighted by Crippen LogP contribution is 2.26. The summed E-state index contributed by atoms with van der Waals surface area (Å²) in [6, 6.07) is 4.41. The van der Waals surface area contributed by atoms with E-state index in [0.29, 0.717) is 6.61 Å². The van der Waals surface area contributed by atoms with Crippen LogP contribution in [0.15, 0.2) is 16.8 Å². The lowest BCUT2D eigenvalue weighted by atomic mass is 10.0. The highest BCUT2D eigenvalue weighted by Gasteiger charge is 2.11. The molecule has 1 aromatic carbocycles. The molecule has 0 spiro atoms. The van der Waals surface area contributed by atoms with Crippen molar-refractivity contribution in [1.82, 2.24) is 10.3 Å². The molecule has 1 heterocycles. The van der Waals surface area contributed by atoms with Crippen molar-refractivity contribution in [3.63, 3.8) is 0 Å². The van der Waals surface area contributed by atoms with Crippen molar-refractivity contribution in [2.45, 2.75) is 46.8 Å². The summed E-state index contributed by atoms with van der Waals surface area (Å²) >= 11 is 0. The molecule has 0 saturated carbocycles. The van der Waals surface area contributed by atoms with Crippen molar-refractivity contribution in [1.29, 1.82) is 0 Å². The molecule has 0 fully saturated rings. The first kappa shape index (κ1) is 14.5. The van der Waals surface area contributed by atoms with Gasteiger partial charge in [0.15, 0.2) is 0 Å². The Labute approximate surface area is 119 Å².